The number of aryl methyl sites for hydroxylation is 1. The van der Waals surface area contributed by atoms with Crippen molar-refractivity contribution in [1.82, 2.24) is 25.0 Å². The van der Waals surface area contributed by atoms with Crippen molar-refractivity contribution < 1.29 is 9.53 Å². The van der Waals surface area contributed by atoms with Gasteiger partial charge in [-0.2, -0.15) is 5.10 Å². The minimum absolute atomic E-state index is 0.130. The number of aromatic nitrogens is 3. The highest BCUT2D eigenvalue weighted by atomic mass is 16.5. The molecule has 0 bridgehead atoms. The topological polar surface area (TPSA) is 75.2 Å². The van der Waals surface area contributed by atoms with Crippen LogP contribution in [0, 0.1) is 0 Å². The van der Waals surface area contributed by atoms with Crippen LogP contribution in [0.4, 0.5) is 0 Å². The number of morpholine rings is 1. The number of para-hydroxylation sites is 1. The van der Waals surface area contributed by atoms with Crippen LogP contribution in [0.3, 0.4) is 0 Å². The summed E-state index contributed by atoms with van der Waals surface area (Å²) in [5.74, 6) is -0.130. The van der Waals surface area contributed by atoms with Crippen molar-refractivity contribution in [1.29, 1.82) is 0 Å². The van der Waals surface area contributed by atoms with Gasteiger partial charge in [0.05, 0.1) is 24.6 Å². The number of nitrogens with one attached hydrogen (secondary N) is 2. The maximum absolute atomic E-state index is 12.4. The van der Waals surface area contributed by atoms with Crippen molar-refractivity contribution in [2.45, 2.75) is 6.42 Å². The number of ether oxygens (including phenoxy) is 1. The van der Waals surface area contributed by atoms with Crippen LogP contribution in [0.5, 0.6) is 0 Å². The summed E-state index contributed by atoms with van der Waals surface area (Å²) in [5, 5.41) is 8.50. The molecule has 1 amide bonds. The van der Waals surface area contributed by atoms with Crippen molar-refractivity contribution in [3.63, 3.8) is 0 Å². The minimum Gasteiger partial charge on any atom is -0.379 e. The van der Waals surface area contributed by atoms with Gasteiger partial charge in [-0.05, 0) is 31.2 Å². The third-order valence-corrected chi connectivity index (χ3v) is 4.96. The predicted molar refractivity (Wildman–Crippen MR) is 105 cm³/mol. The van der Waals surface area contributed by atoms with Crippen LogP contribution >= 0.6 is 0 Å². The average Bonchev–Trinajstić information content (AvgIpc) is 3.29. The Balaban J connectivity index is 1.36. The van der Waals surface area contributed by atoms with Gasteiger partial charge in [-0.15, -0.1) is 0 Å². The quantitative estimate of drug-likeness (QED) is 0.654. The Morgan fingerprint density at radius 1 is 1.26 bits per heavy atom. The number of H-pyrrole nitrogens is 1. The molecule has 2 N–H and O–H groups in total. The lowest BCUT2D eigenvalue weighted by molar-refractivity contribution is 0.0374. The SMILES string of the molecule is Cn1nc(C(=O)NCCCN2CCOCC2)cc1-c1cc2ccccc2[nH]1. The zero-order valence-corrected chi connectivity index (χ0v) is 15.6. The molecular weight excluding hydrogens is 342 g/mol. The van der Waals surface area contributed by atoms with Crippen LogP contribution in [-0.4, -0.2) is 65.0 Å². The molecule has 7 nitrogen and oxygen atoms in total. The summed E-state index contributed by atoms with van der Waals surface area (Å²) in [6.07, 6.45) is 0.924. The van der Waals surface area contributed by atoms with E-state index in [1.54, 1.807) is 4.68 Å². The number of carbonyl (C=O) groups is 1. The van der Waals surface area contributed by atoms with Crippen LogP contribution < -0.4 is 5.32 Å². The molecule has 1 fully saturated rings. The van der Waals surface area contributed by atoms with E-state index in [0.717, 1.165) is 61.6 Å². The molecule has 0 atom stereocenters. The fraction of sp³-hybridized carbons (Fsp3) is 0.400. The molecule has 0 aliphatic carbocycles. The normalized spacial score (nSPS) is 15.3. The van der Waals surface area contributed by atoms with Gasteiger partial charge in [-0.3, -0.25) is 14.4 Å². The lowest BCUT2D eigenvalue weighted by atomic mass is 10.2. The van der Waals surface area contributed by atoms with Crippen molar-refractivity contribution >= 4 is 16.8 Å². The molecule has 1 aliphatic rings. The van der Waals surface area contributed by atoms with E-state index in [2.05, 4.69) is 32.4 Å². The van der Waals surface area contributed by atoms with Gasteiger partial charge in [-0.1, -0.05) is 18.2 Å². The molecule has 1 aliphatic heterocycles. The number of hydrogen-bond donors (Lipinski definition) is 2. The second-order valence-electron chi connectivity index (χ2n) is 6.87. The summed E-state index contributed by atoms with van der Waals surface area (Å²) in [7, 11) is 1.86. The molecule has 142 valence electrons. The summed E-state index contributed by atoms with van der Waals surface area (Å²) in [6.45, 7) is 5.18. The Kier molecular flexibility index (Phi) is 5.22. The van der Waals surface area contributed by atoms with Gasteiger partial charge in [0.25, 0.3) is 5.91 Å². The zero-order chi connectivity index (χ0) is 18.6. The molecule has 27 heavy (non-hydrogen) atoms. The van der Waals surface area contributed by atoms with Crippen molar-refractivity contribution in [2.75, 3.05) is 39.4 Å². The molecule has 0 radical (unpaired) electrons. The summed E-state index contributed by atoms with van der Waals surface area (Å²) in [4.78, 5) is 18.2. The van der Waals surface area contributed by atoms with Crippen LogP contribution in [0.2, 0.25) is 0 Å². The third-order valence-electron chi connectivity index (χ3n) is 4.96. The maximum Gasteiger partial charge on any atom is 0.271 e. The van der Waals surface area contributed by atoms with Gasteiger partial charge in [0, 0.05) is 37.6 Å². The van der Waals surface area contributed by atoms with Crippen LogP contribution in [0.15, 0.2) is 36.4 Å². The summed E-state index contributed by atoms with van der Waals surface area (Å²) >= 11 is 0. The second-order valence-corrected chi connectivity index (χ2v) is 6.87. The van der Waals surface area contributed by atoms with Gasteiger partial charge in [0.1, 0.15) is 0 Å². The number of hydrogen-bond acceptors (Lipinski definition) is 4. The summed E-state index contributed by atoms with van der Waals surface area (Å²) in [5.41, 5.74) is 3.36. The van der Waals surface area contributed by atoms with E-state index in [0.29, 0.717) is 12.2 Å². The molecule has 3 heterocycles. The lowest BCUT2D eigenvalue weighted by Crippen LogP contribution is -2.38. The fourth-order valence-corrected chi connectivity index (χ4v) is 3.46. The van der Waals surface area contributed by atoms with E-state index in [-0.39, 0.29) is 5.91 Å². The first kappa shape index (κ1) is 17.8. The maximum atomic E-state index is 12.4. The van der Waals surface area contributed by atoms with Crippen molar-refractivity contribution in [3.05, 3.63) is 42.1 Å². The molecule has 2 aromatic heterocycles. The zero-order valence-electron chi connectivity index (χ0n) is 15.6. The minimum atomic E-state index is -0.130. The van der Waals surface area contributed by atoms with E-state index >= 15 is 0 Å². The Labute approximate surface area is 158 Å². The Bertz CT molecular complexity index is 890. The number of fused-ring (bicyclic) bond motifs is 1. The highest BCUT2D eigenvalue weighted by Crippen LogP contribution is 2.24. The summed E-state index contributed by atoms with van der Waals surface area (Å²) in [6, 6.07) is 12.0. The molecular formula is C20H25N5O2. The van der Waals surface area contributed by atoms with Gasteiger partial charge in [-0.25, -0.2) is 0 Å². The van der Waals surface area contributed by atoms with Gasteiger partial charge in [0.2, 0.25) is 0 Å². The molecule has 0 spiro atoms. The molecule has 4 rings (SSSR count). The van der Waals surface area contributed by atoms with Gasteiger partial charge < -0.3 is 15.0 Å². The second kappa shape index (κ2) is 7.94. The number of amides is 1. The number of rotatable bonds is 6. The van der Waals surface area contributed by atoms with Crippen molar-refractivity contribution in [3.8, 4) is 11.4 Å². The van der Waals surface area contributed by atoms with E-state index in [4.69, 9.17) is 4.74 Å². The van der Waals surface area contributed by atoms with Crippen LogP contribution in [0.25, 0.3) is 22.3 Å². The lowest BCUT2D eigenvalue weighted by Gasteiger charge is -2.26. The fourth-order valence-electron chi connectivity index (χ4n) is 3.46. The number of aromatic amines is 1. The Morgan fingerprint density at radius 2 is 2.07 bits per heavy atom. The first-order chi connectivity index (χ1) is 13.2. The predicted octanol–water partition coefficient (Wildman–Crippen LogP) is 2.02. The number of carbonyl (C=O) groups excluding carboxylic acids is 1. The first-order valence-electron chi connectivity index (χ1n) is 9.41. The molecule has 1 aromatic carbocycles. The Hall–Kier alpha value is -2.64. The van der Waals surface area contributed by atoms with E-state index in [9.17, 15) is 4.79 Å². The number of benzene rings is 1. The molecule has 3 aromatic rings. The van der Waals surface area contributed by atoms with Crippen LogP contribution in [-0.2, 0) is 11.8 Å². The van der Waals surface area contributed by atoms with Crippen molar-refractivity contribution in [2.24, 2.45) is 7.05 Å². The monoisotopic (exact) mass is 367 g/mol. The average molecular weight is 367 g/mol. The Morgan fingerprint density at radius 3 is 2.89 bits per heavy atom. The van der Waals surface area contributed by atoms with Gasteiger partial charge >= 0.3 is 0 Å². The number of nitrogens with zero attached hydrogens (tertiary/aromatic N) is 3. The van der Waals surface area contributed by atoms with Crippen LogP contribution in [0.1, 0.15) is 16.9 Å². The molecule has 1 saturated heterocycles. The summed E-state index contributed by atoms with van der Waals surface area (Å²) < 4.78 is 7.09. The first-order valence-corrected chi connectivity index (χ1v) is 9.41. The molecule has 0 saturated carbocycles. The highest BCUT2D eigenvalue weighted by Gasteiger charge is 2.15. The smallest absolute Gasteiger partial charge is 0.271 e. The van der Waals surface area contributed by atoms with Gasteiger partial charge in [0.15, 0.2) is 5.69 Å². The molecule has 7 heteroatoms. The molecule has 0 unspecified atom stereocenters. The van der Waals surface area contributed by atoms with E-state index < -0.39 is 0 Å². The van der Waals surface area contributed by atoms with E-state index in [1.165, 1.54) is 0 Å². The largest absolute Gasteiger partial charge is 0.379 e. The highest BCUT2D eigenvalue weighted by molar-refractivity contribution is 5.94. The standard InChI is InChI=1S/C20H25N5O2/c1-24-19(17-13-15-5-2-3-6-16(15)22-17)14-18(23-24)20(26)21-7-4-8-25-9-11-27-12-10-25/h2-3,5-6,13-14,22H,4,7-12H2,1H3,(H,21,26). The van der Waals surface area contributed by atoms with E-state index in [1.807, 2.05) is 31.3 Å². The third kappa shape index (κ3) is 4.04.